The van der Waals surface area contributed by atoms with Gasteiger partial charge in [-0.15, -0.1) is 0 Å². The predicted molar refractivity (Wildman–Crippen MR) is 121 cm³/mol. The van der Waals surface area contributed by atoms with Crippen molar-refractivity contribution in [2.75, 3.05) is 6.54 Å². The van der Waals surface area contributed by atoms with E-state index < -0.39 is 0 Å². The zero-order chi connectivity index (χ0) is 22.1. The molecule has 0 unspecified atom stereocenters. The van der Waals surface area contributed by atoms with Gasteiger partial charge in [0.2, 0.25) is 0 Å². The van der Waals surface area contributed by atoms with E-state index in [0.717, 1.165) is 24.8 Å². The highest BCUT2D eigenvalue weighted by Gasteiger charge is 2.15. The predicted octanol–water partition coefficient (Wildman–Crippen LogP) is 5.85. The monoisotopic (exact) mass is 422 g/mol. The smallest absolute Gasteiger partial charge is 0.286 e. The van der Waals surface area contributed by atoms with Crippen LogP contribution in [-0.4, -0.2) is 17.4 Å². The summed E-state index contributed by atoms with van der Waals surface area (Å²) >= 11 is 0. The first-order valence-electron chi connectivity index (χ1n) is 10.9. The van der Waals surface area contributed by atoms with Gasteiger partial charge < -0.3 is 9.73 Å². The van der Waals surface area contributed by atoms with Gasteiger partial charge in [0.05, 0.1) is 6.54 Å². The van der Waals surface area contributed by atoms with Gasteiger partial charge in [0.25, 0.3) is 5.91 Å². The number of hydrogen-bond donors (Lipinski definition) is 1. The van der Waals surface area contributed by atoms with E-state index in [2.05, 4.69) is 48.3 Å². The first-order chi connectivity index (χ1) is 15.0. The summed E-state index contributed by atoms with van der Waals surface area (Å²) in [5.41, 5.74) is 3.27. The second-order valence-corrected chi connectivity index (χ2v) is 7.99. The summed E-state index contributed by atoms with van der Waals surface area (Å²) in [6, 6.07) is 18.6. The van der Waals surface area contributed by atoms with Crippen LogP contribution < -0.4 is 5.32 Å². The van der Waals surface area contributed by atoms with E-state index in [1.807, 2.05) is 12.1 Å². The van der Waals surface area contributed by atoms with Crippen molar-refractivity contribution in [3.05, 3.63) is 94.7 Å². The van der Waals surface area contributed by atoms with Gasteiger partial charge >= 0.3 is 0 Å². The van der Waals surface area contributed by atoms with Crippen molar-refractivity contribution in [3.8, 4) is 0 Å². The third-order valence-electron chi connectivity index (χ3n) is 5.15. The topological polar surface area (TPSA) is 45.5 Å². The van der Waals surface area contributed by atoms with Crippen molar-refractivity contribution < 1.29 is 13.6 Å². The first kappa shape index (κ1) is 22.8. The number of nitrogens with one attached hydrogen (secondary N) is 1. The molecule has 0 aliphatic carbocycles. The zero-order valence-corrected chi connectivity index (χ0v) is 18.4. The van der Waals surface area contributed by atoms with Crippen LogP contribution in [0, 0.1) is 12.7 Å². The minimum Gasteiger partial charge on any atom is -0.455 e. The molecule has 0 atom stereocenters. The van der Waals surface area contributed by atoms with Crippen molar-refractivity contribution in [1.29, 1.82) is 0 Å². The number of carbonyl (C=O) groups is 1. The van der Waals surface area contributed by atoms with Crippen molar-refractivity contribution in [1.82, 2.24) is 10.2 Å². The summed E-state index contributed by atoms with van der Waals surface area (Å²) in [4.78, 5) is 14.5. The van der Waals surface area contributed by atoms with Crippen molar-refractivity contribution in [3.63, 3.8) is 0 Å². The second kappa shape index (κ2) is 11.5. The molecule has 0 saturated heterocycles. The highest BCUT2D eigenvalue weighted by Crippen LogP contribution is 2.17. The van der Waals surface area contributed by atoms with Gasteiger partial charge in [-0.3, -0.25) is 9.69 Å². The highest BCUT2D eigenvalue weighted by atomic mass is 19.1. The Morgan fingerprint density at radius 3 is 2.48 bits per heavy atom. The third kappa shape index (κ3) is 7.37. The molecule has 3 rings (SSSR count). The Kier molecular flexibility index (Phi) is 8.42. The molecule has 1 heterocycles. The average molecular weight is 423 g/mol. The summed E-state index contributed by atoms with van der Waals surface area (Å²) in [7, 11) is 0. The van der Waals surface area contributed by atoms with E-state index in [9.17, 15) is 9.18 Å². The van der Waals surface area contributed by atoms with E-state index in [4.69, 9.17) is 4.42 Å². The molecular formula is C26H31FN2O2. The molecule has 0 radical (unpaired) electrons. The maximum absolute atomic E-state index is 13.7. The maximum atomic E-state index is 13.7. The molecule has 1 N–H and O–H groups in total. The number of aryl methyl sites for hydroxylation is 1. The van der Waals surface area contributed by atoms with Crippen molar-refractivity contribution in [2.45, 2.75) is 52.7 Å². The molecule has 0 saturated carbocycles. The standard InChI is InChI=1S/C26H31FN2O2/c1-3-4-5-15-28-26(30)25-14-13-24(31-25)19-29(17-21-11-9-20(2)10-12-21)18-22-7-6-8-23(27)16-22/h6-14,16H,3-5,15,17-19H2,1-2H3,(H,28,30). The molecular weight excluding hydrogens is 391 g/mol. The van der Waals surface area contributed by atoms with Crippen LogP contribution in [-0.2, 0) is 19.6 Å². The van der Waals surface area contributed by atoms with Crippen LogP contribution in [0.4, 0.5) is 4.39 Å². The highest BCUT2D eigenvalue weighted by molar-refractivity contribution is 5.91. The Hall–Kier alpha value is -2.92. The van der Waals surface area contributed by atoms with Crippen molar-refractivity contribution in [2.24, 2.45) is 0 Å². The fourth-order valence-electron chi connectivity index (χ4n) is 3.48. The first-order valence-corrected chi connectivity index (χ1v) is 10.9. The molecule has 0 spiro atoms. The minimum atomic E-state index is -0.243. The van der Waals surface area contributed by atoms with E-state index in [-0.39, 0.29) is 11.7 Å². The van der Waals surface area contributed by atoms with Crippen LogP contribution in [0.25, 0.3) is 0 Å². The quantitative estimate of drug-likeness (QED) is 0.394. The van der Waals surface area contributed by atoms with Gasteiger partial charge in [-0.1, -0.05) is 61.7 Å². The molecule has 0 aliphatic rings. The fraction of sp³-hybridized carbons (Fsp3) is 0.346. The molecule has 164 valence electrons. The maximum Gasteiger partial charge on any atom is 0.286 e. The Bertz CT molecular complexity index is 966. The number of furan rings is 1. The van der Waals surface area contributed by atoms with Gasteiger partial charge in [0, 0.05) is 19.6 Å². The van der Waals surface area contributed by atoms with E-state index in [1.54, 1.807) is 18.2 Å². The van der Waals surface area contributed by atoms with Crippen LogP contribution in [0.15, 0.2) is 65.1 Å². The molecule has 0 bridgehead atoms. The lowest BCUT2D eigenvalue weighted by Crippen LogP contribution is -2.24. The molecule has 1 aromatic heterocycles. The number of unbranched alkanes of at least 4 members (excludes halogenated alkanes) is 2. The molecule has 2 aromatic carbocycles. The zero-order valence-electron chi connectivity index (χ0n) is 18.4. The van der Waals surface area contributed by atoms with Crippen LogP contribution in [0.2, 0.25) is 0 Å². The number of carbonyl (C=O) groups excluding carboxylic acids is 1. The van der Waals surface area contributed by atoms with Crippen LogP contribution in [0.1, 0.15) is 59.2 Å². The summed E-state index contributed by atoms with van der Waals surface area (Å²) in [6.45, 7) is 6.63. The van der Waals surface area contributed by atoms with E-state index >= 15 is 0 Å². The molecule has 31 heavy (non-hydrogen) atoms. The van der Waals surface area contributed by atoms with Crippen LogP contribution >= 0.6 is 0 Å². The van der Waals surface area contributed by atoms with Gasteiger partial charge in [-0.05, 0) is 48.7 Å². The molecule has 1 amide bonds. The van der Waals surface area contributed by atoms with Gasteiger partial charge in [-0.2, -0.15) is 0 Å². The Labute approximate surface area is 184 Å². The molecule has 0 aliphatic heterocycles. The van der Waals surface area contributed by atoms with Gasteiger partial charge in [0.1, 0.15) is 11.6 Å². The summed E-state index contributed by atoms with van der Waals surface area (Å²) in [6.07, 6.45) is 3.18. The lowest BCUT2D eigenvalue weighted by molar-refractivity contribution is 0.0920. The lowest BCUT2D eigenvalue weighted by atomic mass is 10.1. The minimum absolute atomic E-state index is 0.183. The second-order valence-electron chi connectivity index (χ2n) is 7.99. The number of nitrogens with zero attached hydrogens (tertiary/aromatic N) is 1. The Balaban J connectivity index is 1.68. The molecule has 5 heteroatoms. The fourth-order valence-corrected chi connectivity index (χ4v) is 3.48. The number of benzene rings is 2. The van der Waals surface area contributed by atoms with Gasteiger partial charge in [0.15, 0.2) is 5.76 Å². The number of rotatable bonds is 11. The molecule has 0 fully saturated rings. The number of hydrogen-bond acceptors (Lipinski definition) is 3. The average Bonchev–Trinajstić information content (AvgIpc) is 3.21. The van der Waals surface area contributed by atoms with Gasteiger partial charge in [-0.25, -0.2) is 4.39 Å². The van der Waals surface area contributed by atoms with Crippen molar-refractivity contribution >= 4 is 5.91 Å². The van der Waals surface area contributed by atoms with E-state index in [1.165, 1.54) is 17.2 Å². The largest absolute Gasteiger partial charge is 0.455 e. The van der Waals surface area contributed by atoms with Crippen LogP contribution in [0.3, 0.4) is 0 Å². The summed E-state index contributed by atoms with van der Waals surface area (Å²) in [5, 5.41) is 2.90. The molecule has 4 nitrogen and oxygen atoms in total. The normalized spacial score (nSPS) is 11.1. The Morgan fingerprint density at radius 2 is 1.74 bits per heavy atom. The summed E-state index contributed by atoms with van der Waals surface area (Å²) < 4.78 is 19.5. The van der Waals surface area contributed by atoms with Crippen LogP contribution in [0.5, 0.6) is 0 Å². The third-order valence-corrected chi connectivity index (χ3v) is 5.15. The molecule has 3 aromatic rings. The SMILES string of the molecule is CCCCCNC(=O)c1ccc(CN(Cc2ccc(C)cc2)Cc2cccc(F)c2)o1. The number of amides is 1. The Morgan fingerprint density at radius 1 is 0.968 bits per heavy atom. The number of halogens is 1. The summed E-state index contributed by atoms with van der Waals surface area (Å²) in [5.74, 6) is 0.611. The lowest BCUT2D eigenvalue weighted by Gasteiger charge is -2.22. The van der Waals surface area contributed by atoms with E-state index in [0.29, 0.717) is 37.7 Å².